The number of halogens is 1. The Morgan fingerprint density at radius 1 is 1.29 bits per heavy atom. The Morgan fingerprint density at radius 2 is 1.81 bits per heavy atom. The maximum Gasteiger partial charge on any atom is 0.407 e. The molecule has 1 aromatic carbocycles. The lowest BCUT2D eigenvalue weighted by Crippen LogP contribution is -2.38. The zero-order valence-electron chi connectivity index (χ0n) is 13.6. The molecule has 0 aliphatic heterocycles. The Morgan fingerprint density at radius 3 is 2.29 bits per heavy atom. The number of hydrogen-bond acceptors (Lipinski definition) is 3. The van der Waals surface area contributed by atoms with Gasteiger partial charge in [-0.05, 0) is 64.8 Å². The molecule has 0 bridgehead atoms. The normalized spacial score (nSPS) is 12.7. The number of rotatable bonds is 4. The van der Waals surface area contributed by atoms with Crippen molar-refractivity contribution in [3.63, 3.8) is 0 Å². The van der Waals surface area contributed by atoms with Gasteiger partial charge in [0, 0.05) is 22.7 Å². The molecule has 0 aliphatic carbocycles. The minimum atomic E-state index is -0.472. The zero-order chi connectivity index (χ0) is 16.2. The van der Waals surface area contributed by atoms with E-state index < -0.39 is 5.60 Å². The van der Waals surface area contributed by atoms with E-state index >= 15 is 0 Å². The van der Waals surface area contributed by atoms with Crippen LogP contribution in [-0.4, -0.2) is 24.3 Å². The second kappa shape index (κ2) is 7.16. The Labute approximate surface area is 135 Å². The molecule has 1 aromatic rings. The Kier molecular flexibility index (Phi) is 6.08. The van der Waals surface area contributed by atoms with Crippen LogP contribution in [0.4, 0.5) is 10.5 Å². The number of amides is 1. The van der Waals surface area contributed by atoms with Gasteiger partial charge in [0.05, 0.1) is 0 Å². The van der Waals surface area contributed by atoms with Gasteiger partial charge in [-0.25, -0.2) is 4.79 Å². The Bertz CT molecular complexity index is 486. The molecule has 1 atom stereocenters. The number of carbonyl (C=O) groups excluding carboxylic acids is 1. The molecular formula is C16H25BrN2O2. The van der Waals surface area contributed by atoms with E-state index in [1.54, 1.807) is 0 Å². The smallest absolute Gasteiger partial charge is 0.407 e. The van der Waals surface area contributed by atoms with Crippen LogP contribution in [0.2, 0.25) is 0 Å². The maximum atomic E-state index is 11.6. The third-order valence-electron chi connectivity index (χ3n) is 2.80. The van der Waals surface area contributed by atoms with Gasteiger partial charge in [-0.15, -0.1) is 0 Å². The van der Waals surface area contributed by atoms with E-state index in [0.29, 0.717) is 6.54 Å². The van der Waals surface area contributed by atoms with E-state index in [1.807, 2.05) is 27.7 Å². The molecule has 1 rings (SSSR count). The molecule has 1 unspecified atom stereocenters. The first-order valence-corrected chi connectivity index (χ1v) is 7.88. The number of ether oxygens (including phenoxy) is 1. The van der Waals surface area contributed by atoms with Gasteiger partial charge in [0.15, 0.2) is 0 Å². The van der Waals surface area contributed by atoms with E-state index in [9.17, 15) is 4.79 Å². The van der Waals surface area contributed by atoms with Crippen LogP contribution < -0.4 is 10.6 Å². The van der Waals surface area contributed by atoms with E-state index in [-0.39, 0.29) is 12.1 Å². The first-order chi connectivity index (χ1) is 9.58. The van der Waals surface area contributed by atoms with Gasteiger partial charge in [-0.2, -0.15) is 0 Å². The third kappa shape index (κ3) is 6.38. The minimum absolute atomic E-state index is 0.109. The average molecular weight is 357 g/mol. The SMILES string of the molecule is Cc1cc(NC(C)CNC(=O)OC(C)(C)C)cc(C)c1Br. The Hall–Kier alpha value is -1.23. The largest absolute Gasteiger partial charge is 0.444 e. The maximum absolute atomic E-state index is 11.6. The van der Waals surface area contributed by atoms with Gasteiger partial charge in [-0.3, -0.25) is 0 Å². The number of benzene rings is 1. The van der Waals surface area contributed by atoms with E-state index in [4.69, 9.17) is 4.74 Å². The molecule has 21 heavy (non-hydrogen) atoms. The molecule has 4 nitrogen and oxygen atoms in total. The number of nitrogens with one attached hydrogen (secondary N) is 2. The highest BCUT2D eigenvalue weighted by atomic mass is 79.9. The molecule has 2 N–H and O–H groups in total. The molecule has 0 aromatic heterocycles. The first kappa shape index (κ1) is 17.8. The quantitative estimate of drug-likeness (QED) is 0.840. The average Bonchev–Trinajstić information content (AvgIpc) is 2.31. The molecule has 5 heteroatoms. The van der Waals surface area contributed by atoms with Gasteiger partial charge in [0.25, 0.3) is 0 Å². The van der Waals surface area contributed by atoms with Crippen molar-refractivity contribution in [3.8, 4) is 0 Å². The summed E-state index contributed by atoms with van der Waals surface area (Å²) in [4.78, 5) is 11.6. The van der Waals surface area contributed by atoms with Crippen LogP contribution in [-0.2, 0) is 4.74 Å². The van der Waals surface area contributed by atoms with Crippen LogP contribution in [0.15, 0.2) is 16.6 Å². The molecule has 0 fully saturated rings. The van der Waals surface area contributed by atoms with Crippen LogP contribution >= 0.6 is 15.9 Å². The summed E-state index contributed by atoms with van der Waals surface area (Å²) in [7, 11) is 0. The summed E-state index contributed by atoms with van der Waals surface area (Å²) in [5.74, 6) is 0. The van der Waals surface area contributed by atoms with Gasteiger partial charge >= 0.3 is 6.09 Å². The van der Waals surface area contributed by atoms with Crippen molar-refractivity contribution in [2.45, 2.75) is 53.2 Å². The minimum Gasteiger partial charge on any atom is -0.444 e. The summed E-state index contributed by atoms with van der Waals surface area (Å²) in [6.45, 7) is 12.2. The summed E-state index contributed by atoms with van der Waals surface area (Å²) in [6, 6.07) is 4.28. The van der Waals surface area contributed by atoms with E-state index in [0.717, 1.165) is 10.2 Å². The fourth-order valence-corrected chi connectivity index (χ4v) is 2.14. The van der Waals surface area contributed by atoms with Crippen LogP contribution in [0.1, 0.15) is 38.8 Å². The molecule has 118 valence electrons. The fourth-order valence-electron chi connectivity index (χ4n) is 1.92. The molecular weight excluding hydrogens is 332 g/mol. The predicted octanol–water partition coefficient (Wildman–Crippen LogP) is 4.39. The topological polar surface area (TPSA) is 50.4 Å². The summed E-state index contributed by atoms with van der Waals surface area (Å²) < 4.78 is 6.34. The highest BCUT2D eigenvalue weighted by molar-refractivity contribution is 9.10. The fraction of sp³-hybridized carbons (Fsp3) is 0.562. The van der Waals surface area contributed by atoms with Crippen LogP contribution in [0.25, 0.3) is 0 Å². The van der Waals surface area contributed by atoms with Crippen LogP contribution in [0, 0.1) is 13.8 Å². The number of anilines is 1. The van der Waals surface area contributed by atoms with Crippen molar-refractivity contribution in [1.29, 1.82) is 0 Å². The second-order valence-corrected chi connectivity index (χ2v) is 7.15. The van der Waals surface area contributed by atoms with Gasteiger partial charge < -0.3 is 15.4 Å². The first-order valence-electron chi connectivity index (χ1n) is 7.08. The van der Waals surface area contributed by atoms with Crippen LogP contribution in [0.3, 0.4) is 0 Å². The predicted molar refractivity (Wildman–Crippen MR) is 90.9 cm³/mol. The zero-order valence-corrected chi connectivity index (χ0v) is 15.2. The van der Waals surface area contributed by atoms with Crippen molar-refractivity contribution in [2.24, 2.45) is 0 Å². The third-order valence-corrected chi connectivity index (χ3v) is 4.05. The summed E-state index contributed by atoms with van der Waals surface area (Å²) in [6.07, 6.45) is -0.390. The van der Waals surface area contributed by atoms with Gasteiger partial charge in [0.1, 0.15) is 5.60 Å². The van der Waals surface area contributed by atoms with Crippen molar-refractivity contribution in [2.75, 3.05) is 11.9 Å². The summed E-state index contributed by atoms with van der Waals surface area (Å²) in [5, 5.41) is 6.14. The molecule has 0 spiro atoms. The Balaban J connectivity index is 2.51. The van der Waals surface area contributed by atoms with E-state index in [2.05, 4.69) is 52.5 Å². The van der Waals surface area contributed by atoms with Gasteiger partial charge in [0.2, 0.25) is 0 Å². The van der Waals surface area contributed by atoms with E-state index in [1.165, 1.54) is 11.1 Å². The standard InChI is InChI=1S/C16H25BrN2O2/c1-10-7-13(8-11(2)14(10)17)19-12(3)9-18-15(20)21-16(4,5)6/h7-8,12,19H,9H2,1-6H3,(H,18,20). The summed E-state index contributed by atoms with van der Waals surface area (Å²) in [5.41, 5.74) is 2.95. The van der Waals surface area contributed by atoms with Crippen LogP contribution in [0.5, 0.6) is 0 Å². The molecule has 0 saturated carbocycles. The van der Waals surface area contributed by atoms with Crippen molar-refractivity contribution in [1.82, 2.24) is 5.32 Å². The van der Waals surface area contributed by atoms with Gasteiger partial charge in [-0.1, -0.05) is 15.9 Å². The van der Waals surface area contributed by atoms with Crippen molar-refractivity contribution < 1.29 is 9.53 Å². The second-order valence-electron chi connectivity index (χ2n) is 6.35. The van der Waals surface area contributed by atoms with Crippen molar-refractivity contribution in [3.05, 3.63) is 27.7 Å². The molecule has 1 amide bonds. The number of alkyl carbamates (subject to hydrolysis) is 1. The lowest BCUT2D eigenvalue weighted by Gasteiger charge is -2.21. The highest BCUT2D eigenvalue weighted by Gasteiger charge is 2.16. The summed E-state index contributed by atoms with van der Waals surface area (Å²) >= 11 is 3.56. The monoisotopic (exact) mass is 356 g/mol. The number of carbonyl (C=O) groups is 1. The molecule has 0 aliphatic rings. The lowest BCUT2D eigenvalue weighted by atomic mass is 10.1. The number of aryl methyl sites for hydroxylation is 2. The lowest BCUT2D eigenvalue weighted by molar-refractivity contribution is 0.0526. The number of hydrogen-bond donors (Lipinski definition) is 2. The molecule has 0 saturated heterocycles. The highest BCUT2D eigenvalue weighted by Crippen LogP contribution is 2.25. The molecule has 0 heterocycles. The van der Waals surface area contributed by atoms with Crippen molar-refractivity contribution >= 4 is 27.7 Å². The molecule has 0 radical (unpaired) electrons.